The number of nitrogens with zero attached hydrogens (tertiary/aromatic N) is 4. The summed E-state index contributed by atoms with van der Waals surface area (Å²) in [4.78, 5) is 32.8. The SMILES string of the molecule is CC(C)n1ncc2c(C(=O)Nc3ccc(N4CCCC4=O)cc3)cc(-c3cccs3)nc21. The molecule has 1 fully saturated rings. The largest absolute Gasteiger partial charge is 0.322 e. The Morgan fingerprint density at radius 1 is 1.19 bits per heavy atom. The molecule has 3 aromatic heterocycles. The van der Waals surface area contributed by atoms with Gasteiger partial charge in [-0.05, 0) is 62.0 Å². The molecule has 162 valence electrons. The van der Waals surface area contributed by atoms with Crippen LogP contribution >= 0.6 is 11.3 Å². The number of hydrogen-bond acceptors (Lipinski definition) is 5. The first-order valence-corrected chi connectivity index (χ1v) is 11.5. The van der Waals surface area contributed by atoms with Crippen molar-refractivity contribution in [1.82, 2.24) is 14.8 Å². The van der Waals surface area contributed by atoms with Gasteiger partial charge in [0.05, 0.1) is 27.7 Å². The second-order valence-electron chi connectivity index (χ2n) is 8.10. The molecule has 0 bridgehead atoms. The van der Waals surface area contributed by atoms with Crippen molar-refractivity contribution >= 4 is 45.6 Å². The van der Waals surface area contributed by atoms with Gasteiger partial charge in [0.1, 0.15) is 0 Å². The van der Waals surface area contributed by atoms with Crippen LogP contribution in [0.3, 0.4) is 0 Å². The van der Waals surface area contributed by atoms with Gasteiger partial charge in [0.15, 0.2) is 5.65 Å². The van der Waals surface area contributed by atoms with Gasteiger partial charge in [-0.15, -0.1) is 11.3 Å². The van der Waals surface area contributed by atoms with Gasteiger partial charge < -0.3 is 10.2 Å². The van der Waals surface area contributed by atoms with E-state index in [1.54, 1.807) is 22.4 Å². The van der Waals surface area contributed by atoms with E-state index in [0.29, 0.717) is 23.3 Å². The average Bonchev–Trinajstić information content (AvgIpc) is 3.54. The van der Waals surface area contributed by atoms with E-state index >= 15 is 0 Å². The minimum atomic E-state index is -0.219. The smallest absolute Gasteiger partial charge is 0.256 e. The second-order valence-corrected chi connectivity index (χ2v) is 9.05. The van der Waals surface area contributed by atoms with E-state index in [9.17, 15) is 9.59 Å². The van der Waals surface area contributed by atoms with Crippen molar-refractivity contribution < 1.29 is 9.59 Å². The Hall–Kier alpha value is -3.52. The molecule has 1 saturated heterocycles. The number of benzene rings is 1. The zero-order valence-corrected chi connectivity index (χ0v) is 18.7. The number of amides is 2. The number of thiophene rings is 1. The summed E-state index contributed by atoms with van der Waals surface area (Å²) in [7, 11) is 0. The first-order valence-electron chi connectivity index (χ1n) is 10.6. The molecule has 4 aromatic rings. The minimum absolute atomic E-state index is 0.121. The molecular formula is C24H23N5O2S. The van der Waals surface area contributed by atoms with Gasteiger partial charge in [-0.2, -0.15) is 5.10 Å². The number of anilines is 2. The Morgan fingerprint density at radius 3 is 2.66 bits per heavy atom. The summed E-state index contributed by atoms with van der Waals surface area (Å²) in [5, 5.41) is 10.2. The molecule has 1 aromatic carbocycles. The molecule has 0 radical (unpaired) electrons. The Bertz CT molecular complexity index is 1290. The van der Waals surface area contributed by atoms with E-state index in [4.69, 9.17) is 4.98 Å². The minimum Gasteiger partial charge on any atom is -0.322 e. The fraction of sp³-hybridized carbons (Fsp3) is 0.250. The lowest BCUT2D eigenvalue weighted by atomic mass is 10.1. The van der Waals surface area contributed by atoms with Crippen molar-refractivity contribution in [2.45, 2.75) is 32.7 Å². The third-order valence-corrected chi connectivity index (χ3v) is 6.48. The van der Waals surface area contributed by atoms with Crippen molar-refractivity contribution in [1.29, 1.82) is 0 Å². The highest BCUT2D eigenvalue weighted by Crippen LogP contribution is 2.30. The van der Waals surface area contributed by atoms with E-state index in [0.717, 1.165) is 34.6 Å². The fourth-order valence-electron chi connectivity index (χ4n) is 3.98. The summed E-state index contributed by atoms with van der Waals surface area (Å²) in [5.74, 6) is -0.0762. The lowest BCUT2D eigenvalue weighted by Gasteiger charge is -2.16. The highest BCUT2D eigenvalue weighted by molar-refractivity contribution is 7.13. The Balaban J connectivity index is 1.48. The molecule has 4 heterocycles. The zero-order valence-electron chi connectivity index (χ0n) is 17.9. The summed E-state index contributed by atoms with van der Waals surface area (Å²) >= 11 is 1.58. The monoisotopic (exact) mass is 445 g/mol. The van der Waals surface area contributed by atoms with Gasteiger partial charge in [-0.1, -0.05) is 6.07 Å². The predicted octanol–water partition coefficient (Wildman–Crippen LogP) is 5.12. The predicted molar refractivity (Wildman–Crippen MR) is 127 cm³/mol. The fourth-order valence-corrected chi connectivity index (χ4v) is 4.66. The number of carbonyl (C=O) groups excluding carboxylic acids is 2. The normalized spacial score (nSPS) is 14.0. The average molecular weight is 446 g/mol. The van der Waals surface area contributed by atoms with E-state index in [-0.39, 0.29) is 17.9 Å². The summed E-state index contributed by atoms with van der Waals surface area (Å²) in [5.41, 5.74) is 3.50. The first-order chi connectivity index (χ1) is 15.5. The van der Waals surface area contributed by atoms with Crippen molar-refractivity contribution in [2.24, 2.45) is 0 Å². The number of nitrogens with one attached hydrogen (secondary N) is 1. The van der Waals surface area contributed by atoms with Crippen LogP contribution in [0.2, 0.25) is 0 Å². The molecule has 0 saturated carbocycles. The zero-order chi connectivity index (χ0) is 22.2. The summed E-state index contributed by atoms with van der Waals surface area (Å²) in [6.45, 7) is 4.82. The molecule has 2 amide bonds. The lowest BCUT2D eigenvalue weighted by Crippen LogP contribution is -2.23. The van der Waals surface area contributed by atoms with Gasteiger partial charge in [-0.3, -0.25) is 9.59 Å². The third kappa shape index (κ3) is 3.67. The van der Waals surface area contributed by atoms with Crippen LogP contribution in [0.4, 0.5) is 11.4 Å². The van der Waals surface area contributed by atoms with Crippen LogP contribution < -0.4 is 10.2 Å². The molecule has 0 unspecified atom stereocenters. The van der Waals surface area contributed by atoms with Crippen LogP contribution in [0.25, 0.3) is 21.6 Å². The second kappa shape index (κ2) is 8.20. The Kier molecular flexibility index (Phi) is 5.22. The van der Waals surface area contributed by atoms with E-state index in [2.05, 4.69) is 10.4 Å². The van der Waals surface area contributed by atoms with E-state index in [1.807, 2.05) is 66.4 Å². The van der Waals surface area contributed by atoms with Crippen molar-refractivity contribution in [3.8, 4) is 10.6 Å². The van der Waals surface area contributed by atoms with Crippen LogP contribution in [0.1, 0.15) is 43.1 Å². The highest BCUT2D eigenvalue weighted by atomic mass is 32.1. The van der Waals surface area contributed by atoms with Crippen LogP contribution in [0, 0.1) is 0 Å². The van der Waals surface area contributed by atoms with Gasteiger partial charge in [0.25, 0.3) is 5.91 Å². The molecule has 32 heavy (non-hydrogen) atoms. The maximum Gasteiger partial charge on any atom is 0.256 e. The maximum absolute atomic E-state index is 13.3. The van der Waals surface area contributed by atoms with E-state index in [1.165, 1.54) is 0 Å². The Labute approximate surface area is 189 Å². The highest BCUT2D eigenvalue weighted by Gasteiger charge is 2.22. The molecule has 1 aliphatic heterocycles. The quantitative estimate of drug-likeness (QED) is 0.462. The van der Waals surface area contributed by atoms with Crippen molar-refractivity contribution in [3.63, 3.8) is 0 Å². The standard InChI is InChI=1S/C24H23N5O2S/c1-15(2)29-23-19(14-25-29)18(13-20(27-23)21-5-4-12-32-21)24(31)26-16-7-9-17(10-8-16)28-11-3-6-22(28)30/h4-5,7-10,12-15H,3,6,11H2,1-2H3,(H,26,31). The molecule has 0 aliphatic carbocycles. The molecule has 0 spiro atoms. The third-order valence-electron chi connectivity index (χ3n) is 5.58. The first kappa shape index (κ1) is 20.4. The van der Waals surface area contributed by atoms with E-state index < -0.39 is 0 Å². The number of aromatic nitrogens is 3. The number of fused-ring (bicyclic) bond motifs is 1. The van der Waals surface area contributed by atoms with Gasteiger partial charge in [0, 0.05) is 30.4 Å². The number of pyridine rings is 1. The molecule has 1 aliphatic rings. The van der Waals surface area contributed by atoms with Crippen molar-refractivity contribution in [2.75, 3.05) is 16.8 Å². The Morgan fingerprint density at radius 2 is 2.00 bits per heavy atom. The van der Waals surface area contributed by atoms with Crippen molar-refractivity contribution in [3.05, 3.63) is 59.6 Å². The number of carbonyl (C=O) groups is 2. The molecule has 0 atom stereocenters. The van der Waals surface area contributed by atoms with Gasteiger partial charge in [0.2, 0.25) is 5.91 Å². The molecule has 1 N–H and O–H groups in total. The lowest BCUT2D eigenvalue weighted by molar-refractivity contribution is -0.117. The van der Waals surface area contributed by atoms with Crippen LogP contribution in [0.15, 0.2) is 54.0 Å². The number of hydrogen-bond donors (Lipinski definition) is 1. The van der Waals surface area contributed by atoms with Crippen LogP contribution in [-0.2, 0) is 4.79 Å². The van der Waals surface area contributed by atoms with Gasteiger partial charge >= 0.3 is 0 Å². The maximum atomic E-state index is 13.3. The topological polar surface area (TPSA) is 80.1 Å². The molecule has 8 heteroatoms. The number of rotatable bonds is 5. The summed E-state index contributed by atoms with van der Waals surface area (Å²) in [6, 6.07) is 13.3. The molecule has 5 rings (SSSR count). The van der Waals surface area contributed by atoms with Crippen LogP contribution in [-0.4, -0.2) is 33.1 Å². The molecule has 7 nitrogen and oxygen atoms in total. The summed E-state index contributed by atoms with van der Waals surface area (Å²) < 4.78 is 1.84. The van der Waals surface area contributed by atoms with Gasteiger partial charge in [-0.25, -0.2) is 9.67 Å². The van der Waals surface area contributed by atoms with Crippen LogP contribution in [0.5, 0.6) is 0 Å². The molecular weight excluding hydrogens is 422 g/mol. The summed E-state index contributed by atoms with van der Waals surface area (Å²) in [6.07, 6.45) is 3.18.